The summed E-state index contributed by atoms with van der Waals surface area (Å²) in [6.07, 6.45) is 8.59. The zero-order chi connectivity index (χ0) is 29.1. The summed E-state index contributed by atoms with van der Waals surface area (Å²) < 4.78 is 10.8. The predicted octanol–water partition coefficient (Wildman–Crippen LogP) is 6.62. The highest BCUT2D eigenvalue weighted by Crippen LogP contribution is 2.30. The van der Waals surface area contributed by atoms with Crippen molar-refractivity contribution in [2.45, 2.75) is 68.2 Å². The van der Waals surface area contributed by atoms with Gasteiger partial charge in [-0.15, -0.1) is 0 Å². The second kappa shape index (κ2) is 11.9. The van der Waals surface area contributed by atoms with Gasteiger partial charge in [-0.1, -0.05) is 0 Å². The third kappa shape index (κ3) is 5.57. The maximum Gasteiger partial charge on any atom is 0.340 e. The predicted molar refractivity (Wildman–Crippen MR) is 160 cm³/mol. The zero-order valence-electron chi connectivity index (χ0n) is 24.7. The number of aliphatic imine (C=N–C) groups is 2. The summed E-state index contributed by atoms with van der Waals surface area (Å²) in [5.41, 5.74) is 11.9. The van der Waals surface area contributed by atoms with Gasteiger partial charge in [-0.05, 0) is 114 Å². The summed E-state index contributed by atoms with van der Waals surface area (Å²) in [5.74, 6) is -0.741. The molecule has 0 bridgehead atoms. The van der Waals surface area contributed by atoms with Crippen molar-refractivity contribution in [3.05, 3.63) is 78.7 Å². The summed E-state index contributed by atoms with van der Waals surface area (Å²) in [6, 6.07) is 0. The van der Waals surface area contributed by atoms with Crippen molar-refractivity contribution < 1.29 is 19.1 Å². The molecular formula is C32H38N4O4. The smallest absolute Gasteiger partial charge is 0.340 e. The van der Waals surface area contributed by atoms with Gasteiger partial charge < -0.3 is 19.4 Å². The Morgan fingerprint density at radius 2 is 1.07 bits per heavy atom. The first-order valence-electron chi connectivity index (χ1n) is 13.7. The normalized spacial score (nSPS) is 16.8. The van der Waals surface area contributed by atoms with E-state index in [9.17, 15) is 9.59 Å². The van der Waals surface area contributed by atoms with Crippen LogP contribution in [-0.4, -0.2) is 47.5 Å². The number of aromatic nitrogens is 2. The van der Waals surface area contributed by atoms with Gasteiger partial charge in [-0.3, -0.25) is 9.98 Å². The van der Waals surface area contributed by atoms with Crippen LogP contribution in [0.5, 0.6) is 0 Å². The largest absolute Gasteiger partial charge is 0.462 e. The van der Waals surface area contributed by atoms with Crippen molar-refractivity contribution in [1.82, 2.24) is 9.97 Å². The van der Waals surface area contributed by atoms with Crippen LogP contribution < -0.4 is 0 Å². The fourth-order valence-electron chi connectivity index (χ4n) is 4.92. The van der Waals surface area contributed by atoms with Crippen LogP contribution in [0, 0.1) is 13.8 Å². The number of hydrogen-bond donors (Lipinski definition) is 2. The van der Waals surface area contributed by atoms with Crippen LogP contribution in [0.2, 0.25) is 0 Å². The Kier molecular flexibility index (Phi) is 8.57. The van der Waals surface area contributed by atoms with E-state index in [-0.39, 0.29) is 25.2 Å². The van der Waals surface area contributed by atoms with Gasteiger partial charge in [0.05, 0.1) is 35.7 Å². The molecule has 4 heterocycles. The first-order valence-corrected chi connectivity index (χ1v) is 13.7. The van der Waals surface area contributed by atoms with E-state index in [1.165, 1.54) is 0 Å². The molecule has 0 unspecified atom stereocenters. The second-order valence-corrected chi connectivity index (χ2v) is 10.2. The number of nitrogens with zero attached hydrogens (tertiary/aromatic N) is 2. The first kappa shape index (κ1) is 28.8. The van der Waals surface area contributed by atoms with Crippen LogP contribution >= 0.6 is 0 Å². The second-order valence-electron chi connectivity index (χ2n) is 10.2. The fourth-order valence-corrected chi connectivity index (χ4v) is 4.92. The number of rotatable bonds is 9. The lowest BCUT2D eigenvalue weighted by atomic mass is 10.0. The number of hydrogen-bond acceptors (Lipinski definition) is 6. The third-order valence-electron chi connectivity index (χ3n) is 7.62. The summed E-state index contributed by atoms with van der Waals surface area (Å²) in [4.78, 5) is 42.0. The molecular weight excluding hydrogens is 504 g/mol. The standard InChI is InChI=1S/C32H38N4O4/c1-9-39-31(37)29-21(7)27(13-25-19(5)17(3)15-33-25)35-23(29)11-12-24-30(32(38)40-10-2)22(8)28(36-24)14-26-20(6)18(4)16-34-26/h13-16,35-36H,9-12H2,1-8H3/b25-13-,26-14+. The van der Waals surface area contributed by atoms with Gasteiger partial charge >= 0.3 is 11.9 Å². The average Bonchev–Trinajstić information content (AvgIpc) is 3.61. The van der Waals surface area contributed by atoms with Crippen molar-refractivity contribution in [1.29, 1.82) is 0 Å². The molecule has 210 valence electrons. The fraction of sp³-hybridized carbons (Fsp3) is 0.375. The van der Waals surface area contributed by atoms with Crippen LogP contribution in [0.3, 0.4) is 0 Å². The minimum atomic E-state index is -0.371. The number of ether oxygens (including phenoxy) is 2. The summed E-state index contributed by atoms with van der Waals surface area (Å²) in [5, 5.41) is 0. The Labute approximate surface area is 235 Å². The van der Waals surface area contributed by atoms with E-state index in [0.29, 0.717) is 24.0 Å². The molecule has 0 atom stereocenters. The Bertz CT molecular complexity index is 1440. The number of esters is 2. The summed E-state index contributed by atoms with van der Waals surface area (Å²) in [7, 11) is 0. The molecule has 0 saturated heterocycles. The summed E-state index contributed by atoms with van der Waals surface area (Å²) in [6.45, 7) is 16.1. The van der Waals surface area contributed by atoms with Crippen LogP contribution in [0.1, 0.15) is 96.2 Å². The van der Waals surface area contributed by atoms with E-state index in [4.69, 9.17) is 9.47 Å². The Hall–Kier alpha value is -4.20. The molecule has 40 heavy (non-hydrogen) atoms. The molecule has 0 aromatic carbocycles. The van der Waals surface area contributed by atoms with Gasteiger partial charge in [-0.25, -0.2) is 9.59 Å². The quantitative estimate of drug-likeness (QED) is 0.347. The minimum absolute atomic E-state index is 0.279. The van der Waals surface area contributed by atoms with Gasteiger partial charge in [0, 0.05) is 35.2 Å². The number of allylic oxidation sites excluding steroid dienone is 4. The van der Waals surface area contributed by atoms with E-state index in [1.54, 1.807) is 13.8 Å². The van der Waals surface area contributed by atoms with Gasteiger partial charge in [0.25, 0.3) is 0 Å². The molecule has 8 heteroatoms. The van der Waals surface area contributed by atoms with Gasteiger partial charge in [0.2, 0.25) is 0 Å². The molecule has 2 N–H and O–H groups in total. The zero-order valence-corrected chi connectivity index (χ0v) is 24.7. The molecule has 0 aliphatic carbocycles. The minimum Gasteiger partial charge on any atom is -0.462 e. The number of aryl methyl sites for hydroxylation is 2. The van der Waals surface area contributed by atoms with Crippen molar-refractivity contribution in [2.24, 2.45) is 9.98 Å². The molecule has 2 aliphatic heterocycles. The number of carbonyl (C=O) groups excluding carboxylic acids is 2. The molecule has 2 aromatic rings. The van der Waals surface area contributed by atoms with Gasteiger partial charge in [0.15, 0.2) is 0 Å². The van der Waals surface area contributed by atoms with Crippen LogP contribution in [0.25, 0.3) is 12.2 Å². The van der Waals surface area contributed by atoms with Crippen molar-refractivity contribution in [3.8, 4) is 0 Å². The highest BCUT2D eigenvalue weighted by atomic mass is 16.5. The highest BCUT2D eigenvalue weighted by Gasteiger charge is 2.25. The monoisotopic (exact) mass is 542 g/mol. The third-order valence-corrected chi connectivity index (χ3v) is 7.62. The first-order chi connectivity index (χ1) is 19.1. The van der Waals surface area contributed by atoms with E-state index >= 15 is 0 Å². The van der Waals surface area contributed by atoms with Crippen LogP contribution in [-0.2, 0) is 22.3 Å². The average molecular weight is 543 g/mol. The van der Waals surface area contributed by atoms with Crippen molar-refractivity contribution in [3.63, 3.8) is 0 Å². The Morgan fingerprint density at radius 3 is 1.38 bits per heavy atom. The summed E-state index contributed by atoms with van der Waals surface area (Å²) >= 11 is 0. The lowest BCUT2D eigenvalue weighted by molar-refractivity contribution is 0.0513. The molecule has 0 saturated carbocycles. The Morgan fingerprint density at radius 1 is 0.700 bits per heavy atom. The van der Waals surface area contributed by atoms with E-state index in [2.05, 4.69) is 20.0 Å². The number of nitrogens with one attached hydrogen (secondary N) is 2. The van der Waals surface area contributed by atoms with E-state index in [0.717, 1.165) is 67.6 Å². The van der Waals surface area contributed by atoms with Crippen molar-refractivity contribution in [2.75, 3.05) is 13.2 Å². The molecule has 0 fully saturated rings. The highest BCUT2D eigenvalue weighted by molar-refractivity contribution is 5.95. The van der Waals surface area contributed by atoms with Crippen LogP contribution in [0.15, 0.2) is 43.7 Å². The maximum atomic E-state index is 13.0. The topological polar surface area (TPSA) is 109 Å². The molecule has 8 nitrogen and oxygen atoms in total. The van der Waals surface area contributed by atoms with Gasteiger partial charge in [0.1, 0.15) is 0 Å². The Balaban J connectivity index is 1.73. The van der Waals surface area contributed by atoms with E-state index < -0.39 is 0 Å². The lowest BCUT2D eigenvalue weighted by Crippen LogP contribution is -2.11. The number of H-pyrrole nitrogens is 2. The van der Waals surface area contributed by atoms with Crippen LogP contribution in [0.4, 0.5) is 0 Å². The lowest BCUT2D eigenvalue weighted by Gasteiger charge is -2.07. The SMILES string of the molecule is CCOC(=O)c1c(CCc2[nH]c(/C=C3/N=CC(C)=C3C)c(C)c2C(=O)OCC)[nH]c(/C=C2\N=CC(C)=C2C)c1C. The molecule has 2 aliphatic rings. The number of carbonyl (C=O) groups is 2. The maximum absolute atomic E-state index is 13.0. The van der Waals surface area contributed by atoms with Gasteiger partial charge in [-0.2, -0.15) is 0 Å². The molecule has 2 aromatic heterocycles. The molecule has 0 spiro atoms. The molecule has 0 amide bonds. The van der Waals surface area contributed by atoms with Crippen molar-refractivity contribution >= 4 is 36.5 Å². The molecule has 4 rings (SSSR count). The number of aromatic amines is 2. The molecule has 0 radical (unpaired) electrons. The van der Waals surface area contributed by atoms with E-state index in [1.807, 2.05) is 66.1 Å².